The zero-order valence-corrected chi connectivity index (χ0v) is 5.23. The SMILES string of the molecule is CC(CO)[NH+](C)C. The first-order valence-electron chi connectivity index (χ1n) is 2.59. The number of hydrogen-bond donors (Lipinski definition) is 2. The van der Waals surface area contributed by atoms with Crippen LogP contribution in [0.3, 0.4) is 0 Å². The molecular weight excluding hydrogens is 90.1 g/mol. The predicted molar refractivity (Wildman–Crippen MR) is 29.4 cm³/mol. The number of rotatable bonds is 2. The van der Waals surface area contributed by atoms with Gasteiger partial charge in [0.1, 0.15) is 6.04 Å². The molecular formula is C5H14NO+. The Morgan fingerprint density at radius 2 is 2.00 bits per heavy atom. The molecule has 0 amide bonds. The predicted octanol–water partition coefficient (Wildman–Crippen LogP) is -1.49. The molecule has 0 bridgehead atoms. The molecule has 0 aromatic heterocycles. The Labute approximate surface area is 44.8 Å². The van der Waals surface area contributed by atoms with Crippen molar-refractivity contribution in [3.63, 3.8) is 0 Å². The average molecular weight is 104 g/mol. The Bertz CT molecular complexity index is 45.3. The Hall–Kier alpha value is -0.0800. The molecule has 0 radical (unpaired) electrons. The molecule has 0 aromatic rings. The van der Waals surface area contributed by atoms with E-state index in [1.165, 1.54) is 4.90 Å². The summed E-state index contributed by atoms with van der Waals surface area (Å²) in [6, 6.07) is 0.375. The lowest BCUT2D eigenvalue weighted by atomic mass is 10.3. The van der Waals surface area contributed by atoms with Gasteiger partial charge in [0.05, 0.1) is 20.7 Å². The maximum absolute atomic E-state index is 8.48. The van der Waals surface area contributed by atoms with Crippen LogP contribution in [-0.2, 0) is 0 Å². The van der Waals surface area contributed by atoms with Gasteiger partial charge in [-0.05, 0) is 6.92 Å². The van der Waals surface area contributed by atoms with E-state index in [-0.39, 0.29) is 6.61 Å². The molecule has 0 fully saturated rings. The molecule has 0 rings (SSSR count). The summed E-state index contributed by atoms with van der Waals surface area (Å²) < 4.78 is 0. The first-order valence-corrected chi connectivity index (χ1v) is 2.59. The molecule has 0 spiro atoms. The minimum absolute atomic E-state index is 0.280. The minimum atomic E-state index is 0.280. The summed E-state index contributed by atoms with van der Waals surface area (Å²) >= 11 is 0. The molecule has 0 aliphatic carbocycles. The van der Waals surface area contributed by atoms with Crippen molar-refractivity contribution in [2.75, 3.05) is 20.7 Å². The molecule has 0 saturated carbocycles. The zero-order chi connectivity index (χ0) is 5.86. The van der Waals surface area contributed by atoms with Crippen LogP contribution in [0.15, 0.2) is 0 Å². The van der Waals surface area contributed by atoms with Crippen LogP contribution in [0.1, 0.15) is 6.92 Å². The maximum Gasteiger partial charge on any atom is 0.108 e. The summed E-state index contributed by atoms with van der Waals surface area (Å²) in [6.45, 7) is 2.29. The summed E-state index contributed by atoms with van der Waals surface area (Å²) in [5.41, 5.74) is 0. The summed E-state index contributed by atoms with van der Waals surface area (Å²) in [4.78, 5) is 1.29. The van der Waals surface area contributed by atoms with Gasteiger partial charge in [0.25, 0.3) is 0 Å². The second-order valence-corrected chi connectivity index (χ2v) is 2.16. The van der Waals surface area contributed by atoms with Gasteiger partial charge in [0.15, 0.2) is 0 Å². The van der Waals surface area contributed by atoms with Gasteiger partial charge in [0.2, 0.25) is 0 Å². The molecule has 2 N–H and O–H groups in total. The van der Waals surface area contributed by atoms with Crippen molar-refractivity contribution >= 4 is 0 Å². The molecule has 2 nitrogen and oxygen atoms in total. The van der Waals surface area contributed by atoms with Crippen molar-refractivity contribution in [2.24, 2.45) is 0 Å². The summed E-state index contributed by atoms with van der Waals surface area (Å²) in [5, 5.41) is 8.48. The molecule has 0 aliphatic rings. The van der Waals surface area contributed by atoms with Gasteiger partial charge in [-0.3, -0.25) is 0 Å². The maximum atomic E-state index is 8.48. The fourth-order valence-corrected chi connectivity index (χ4v) is 0.183. The van der Waals surface area contributed by atoms with E-state index in [4.69, 9.17) is 5.11 Å². The highest BCUT2D eigenvalue weighted by Gasteiger charge is 2.02. The van der Waals surface area contributed by atoms with E-state index in [9.17, 15) is 0 Å². The lowest BCUT2D eigenvalue weighted by Crippen LogP contribution is -3.10. The monoisotopic (exact) mass is 104 g/mol. The topological polar surface area (TPSA) is 24.7 Å². The van der Waals surface area contributed by atoms with Crippen molar-refractivity contribution in [1.29, 1.82) is 0 Å². The minimum Gasteiger partial charge on any atom is -0.390 e. The Balaban J connectivity index is 3.14. The summed E-state index contributed by atoms with van der Waals surface area (Å²) in [7, 11) is 4.06. The zero-order valence-electron chi connectivity index (χ0n) is 5.23. The number of nitrogens with one attached hydrogen (secondary N) is 1. The van der Waals surface area contributed by atoms with E-state index in [0.717, 1.165) is 0 Å². The van der Waals surface area contributed by atoms with Crippen molar-refractivity contribution in [3.05, 3.63) is 0 Å². The van der Waals surface area contributed by atoms with Gasteiger partial charge in [0, 0.05) is 0 Å². The van der Waals surface area contributed by atoms with E-state index in [1.54, 1.807) is 0 Å². The molecule has 2 heteroatoms. The largest absolute Gasteiger partial charge is 0.390 e. The van der Waals surface area contributed by atoms with Gasteiger partial charge >= 0.3 is 0 Å². The van der Waals surface area contributed by atoms with Crippen LogP contribution in [0.4, 0.5) is 0 Å². The molecule has 0 aromatic carbocycles. The highest BCUT2D eigenvalue weighted by molar-refractivity contribution is 4.36. The first-order chi connectivity index (χ1) is 3.18. The van der Waals surface area contributed by atoms with Gasteiger partial charge in [-0.15, -0.1) is 0 Å². The van der Waals surface area contributed by atoms with Gasteiger partial charge in [-0.2, -0.15) is 0 Å². The van der Waals surface area contributed by atoms with Gasteiger partial charge < -0.3 is 10.0 Å². The van der Waals surface area contributed by atoms with Crippen molar-refractivity contribution in [1.82, 2.24) is 0 Å². The van der Waals surface area contributed by atoms with Crippen molar-refractivity contribution < 1.29 is 10.0 Å². The van der Waals surface area contributed by atoms with Crippen molar-refractivity contribution in [2.45, 2.75) is 13.0 Å². The lowest BCUT2D eigenvalue weighted by molar-refractivity contribution is -0.884. The van der Waals surface area contributed by atoms with Crippen LogP contribution in [-0.4, -0.2) is 31.9 Å². The molecule has 0 aliphatic heterocycles. The standard InChI is InChI=1S/C5H13NO/c1-5(4-7)6(2)3/h5,7H,4H2,1-3H3/p+1. The second kappa shape index (κ2) is 2.99. The van der Waals surface area contributed by atoms with E-state index >= 15 is 0 Å². The number of hydrogen-bond acceptors (Lipinski definition) is 1. The fraction of sp³-hybridized carbons (Fsp3) is 1.00. The second-order valence-electron chi connectivity index (χ2n) is 2.16. The summed E-state index contributed by atoms with van der Waals surface area (Å²) in [6.07, 6.45) is 0. The third-order valence-electron chi connectivity index (χ3n) is 1.26. The van der Waals surface area contributed by atoms with Crippen LogP contribution in [0, 0.1) is 0 Å². The van der Waals surface area contributed by atoms with Crippen LogP contribution in [0.5, 0.6) is 0 Å². The van der Waals surface area contributed by atoms with Crippen LogP contribution in [0.2, 0.25) is 0 Å². The third-order valence-corrected chi connectivity index (χ3v) is 1.26. The number of aliphatic hydroxyl groups excluding tert-OH is 1. The molecule has 44 valence electrons. The Morgan fingerprint density at radius 3 is 2.00 bits per heavy atom. The number of aliphatic hydroxyl groups is 1. The highest BCUT2D eigenvalue weighted by atomic mass is 16.3. The molecule has 7 heavy (non-hydrogen) atoms. The lowest BCUT2D eigenvalue weighted by Gasteiger charge is -2.12. The Morgan fingerprint density at radius 1 is 1.57 bits per heavy atom. The molecule has 0 saturated heterocycles. The molecule has 1 unspecified atom stereocenters. The summed E-state index contributed by atoms with van der Waals surface area (Å²) in [5.74, 6) is 0. The third kappa shape index (κ3) is 2.60. The fourth-order valence-electron chi connectivity index (χ4n) is 0.183. The van der Waals surface area contributed by atoms with E-state index < -0.39 is 0 Å². The highest BCUT2D eigenvalue weighted by Crippen LogP contribution is 1.63. The first kappa shape index (κ1) is 6.92. The number of quaternary nitrogens is 1. The normalized spacial score (nSPS) is 15.0. The Kier molecular flexibility index (Phi) is 2.96. The average Bonchev–Trinajstić information content (AvgIpc) is 1.65. The van der Waals surface area contributed by atoms with E-state index in [1.807, 2.05) is 21.0 Å². The van der Waals surface area contributed by atoms with E-state index in [0.29, 0.717) is 6.04 Å². The van der Waals surface area contributed by atoms with E-state index in [2.05, 4.69) is 0 Å². The molecule has 1 atom stereocenters. The van der Waals surface area contributed by atoms with Crippen LogP contribution in [0.25, 0.3) is 0 Å². The quantitative estimate of drug-likeness (QED) is 0.438. The van der Waals surface area contributed by atoms with Crippen molar-refractivity contribution in [3.8, 4) is 0 Å². The van der Waals surface area contributed by atoms with Crippen LogP contribution >= 0.6 is 0 Å². The van der Waals surface area contributed by atoms with Crippen LogP contribution < -0.4 is 4.90 Å². The molecule has 0 heterocycles. The van der Waals surface area contributed by atoms with Gasteiger partial charge in [-0.1, -0.05) is 0 Å². The smallest absolute Gasteiger partial charge is 0.108 e. The van der Waals surface area contributed by atoms with Gasteiger partial charge in [-0.25, -0.2) is 0 Å². The number of likely N-dealkylation sites (N-methyl/N-ethyl adjacent to an activating group) is 1.